The van der Waals surface area contributed by atoms with Crippen LogP contribution in [0.15, 0.2) is 53.7 Å². The van der Waals surface area contributed by atoms with E-state index in [1.165, 1.54) is 49.2 Å². The molecule has 1 aromatic carbocycles. The van der Waals surface area contributed by atoms with E-state index in [1.54, 1.807) is 18.2 Å². The van der Waals surface area contributed by atoms with E-state index in [1.807, 2.05) is 24.3 Å². The molecule has 0 aliphatic carbocycles. The number of aryl methyl sites for hydroxylation is 1. The molecular formula is C19H23NO2S. The molecule has 23 heavy (non-hydrogen) atoms. The highest BCUT2D eigenvalue weighted by atomic mass is 32.2. The fraction of sp³-hybridized carbons (Fsp3) is 0.368. The van der Waals surface area contributed by atoms with Gasteiger partial charge < -0.3 is 5.21 Å². The van der Waals surface area contributed by atoms with Crippen molar-refractivity contribution in [3.63, 3.8) is 0 Å². The van der Waals surface area contributed by atoms with Crippen LogP contribution in [0.4, 0.5) is 0 Å². The molecule has 0 saturated carbocycles. The molecule has 1 heterocycles. The van der Waals surface area contributed by atoms with Crippen LogP contribution >= 0.6 is 11.8 Å². The van der Waals surface area contributed by atoms with E-state index in [4.69, 9.17) is 0 Å². The standard InChI is InChI=1S/C19H23NO2S/c1-2-3-4-5-8-16-10-12-17(13-11-16)18(21)15-23-19-9-6-7-14-20(19)22/h6-7,9-14H,2-5,8,15H2,1H3. The monoisotopic (exact) mass is 329 g/mol. The lowest BCUT2D eigenvalue weighted by Crippen LogP contribution is -2.28. The second-order valence-corrected chi connectivity index (χ2v) is 6.58. The number of pyridine rings is 1. The highest BCUT2D eigenvalue weighted by Gasteiger charge is 2.10. The molecule has 0 radical (unpaired) electrons. The number of thioether (sulfide) groups is 1. The second kappa shape index (κ2) is 9.36. The van der Waals surface area contributed by atoms with Crippen LogP contribution in [0.3, 0.4) is 0 Å². The minimum absolute atomic E-state index is 0.0522. The van der Waals surface area contributed by atoms with E-state index < -0.39 is 0 Å². The molecule has 2 aromatic rings. The minimum Gasteiger partial charge on any atom is -0.618 e. The highest BCUT2D eigenvalue weighted by molar-refractivity contribution is 7.99. The summed E-state index contributed by atoms with van der Waals surface area (Å²) in [5, 5.41) is 12.1. The normalized spacial score (nSPS) is 10.7. The zero-order valence-corrected chi connectivity index (χ0v) is 14.3. The maximum absolute atomic E-state index is 12.2. The van der Waals surface area contributed by atoms with E-state index >= 15 is 0 Å². The molecule has 0 N–H and O–H groups in total. The first-order chi connectivity index (χ1) is 11.2. The summed E-state index contributed by atoms with van der Waals surface area (Å²) in [6.07, 6.45) is 7.51. The van der Waals surface area contributed by atoms with Gasteiger partial charge in [0.2, 0.25) is 0 Å². The predicted molar refractivity (Wildman–Crippen MR) is 94.7 cm³/mol. The first-order valence-corrected chi connectivity index (χ1v) is 9.12. The lowest BCUT2D eigenvalue weighted by molar-refractivity contribution is -0.645. The number of rotatable bonds is 9. The minimum atomic E-state index is 0.0522. The van der Waals surface area contributed by atoms with E-state index in [9.17, 15) is 10.0 Å². The van der Waals surface area contributed by atoms with Crippen molar-refractivity contribution in [2.24, 2.45) is 0 Å². The van der Waals surface area contributed by atoms with Gasteiger partial charge in [0, 0.05) is 17.7 Å². The van der Waals surface area contributed by atoms with Gasteiger partial charge in [-0.05, 0) is 36.2 Å². The molecule has 0 spiro atoms. The first-order valence-electron chi connectivity index (χ1n) is 8.14. The molecule has 1 aromatic heterocycles. The zero-order chi connectivity index (χ0) is 16.5. The Morgan fingerprint density at radius 1 is 1.09 bits per heavy atom. The number of ketones is 1. The third-order valence-electron chi connectivity index (χ3n) is 3.73. The Labute approximate surface area is 142 Å². The molecule has 0 aliphatic heterocycles. The van der Waals surface area contributed by atoms with Crippen LogP contribution in [-0.2, 0) is 6.42 Å². The Bertz CT molecular complexity index is 626. The Kier molecular flexibility index (Phi) is 7.14. The Morgan fingerprint density at radius 2 is 1.87 bits per heavy atom. The molecule has 0 atom stereocenters. The summed E-state index contributed by atoms with van der Waals surface area (Å²) < 4.78 is 0.789. The average Bonchev–Trinajstić information content (AvgIpc) is 2.58. The number of nitrogens with zero attached hydrogens (tertiary/aromatic N) is 1. The SMILES string of the molecule is CCCCCCc1ccc(C(=O)CSc2cccc[n+]2[O-])cc1. The van der Waals surface area contributed by atoms with Crippen LogP contribution in [0.2, 0.25) is 0 Å². The number of Topliss-reactive ketones (excluding diaryl/α,β-unsaturated/α-hetero) is 1. The summed E-state index contributed by atoms with van der Waals surface area (Å²) in [7, 11) is 0. The number of hydrogen-bond donors (Lipinski definition) is 0. The van der Waals surface area contributed by atoms with Crippen molar-refractivity contribution < 1.29 is 9.52 Å². The van der Waals surface area contributed by atoms with Crippen molar-refractivity contribution in [1.82, 2.24) is 0 Å². The van der Waals surface area contributed by atoms with Gasteiger partial charge in [-0.15, -0.1) is 0 Å². The maximum Gasteiger partial charge on any atom is 0.251 e. The van der Waals surface area contributed by atoms with Gasteiger partial charge in [-0.2, -0.15) is 4.73 Å². The fourth-order valence-electron chi connectivity index (χ4n) is 2.36. The number of unbranched alkanes of at least 4 members (excludes halogenated alkanes) is 3. The first kappa shape index (κ1) is 17.5. The number of aromatic nitrogens is 1. The Balaban J connectivity index is 1.84. The van der Waals surface area contributed by atoms with Crippen molar-refractivity contribution in [2.75, 3.05) is 5.75 Å². The number of carbonyl (C=O) groups is 1. The summed E-state index contributed by atoms with van der Waals surface area (Å²) in [6.45, 7) is 2.21. The van der Waals surface area contributed by atoms with E-state index in [0.29, 0.717) is 10.6 Å². The molecule has 3 nitrogen and oxygen atoms in total. The van der Waals surface area contributed by atoms with Crippen LogP contribution < -0.4 is 4.73 Å². The molecule has 0 aliphatic rings. The molecule has 2 rings (SSSR count). The van der Waals surface area contributed by atoms with Gasteiger partial charge in [0.05, 0.1) is 5.75 Å². The van der Waals surface area contributed by atoms with Crippen LogP contribution in [0.5, 0.6) is 0 Å². The van der Waals surface area contributed by atoms with E-state index in [-0.39, 0.29) is 11.5 Å². The second-order valence-electron chi connectivity index (χ2n) is 5.58. The third-order valence-corrected chi connectivity index (χ3v) is 4.75. The smallest absolute Gasteiger partial charge is 0.251 e. The average molecular weight is 329 g/mol. The van der Waals surface area contributed by atoms with Crippen LogP contribution in [0.1, 0.15) is 48.5 Å². The van der Waals surface area contributed by atoms with Gasteiger partial charge in [0.1, 0.15) is 0 Å². The Hall–Kier alpha value is -1.81. The number of benzene rings is 1. The van der Waals surface area contributed by atoms with Crippen molar-refractivity contribution >= 4 is 17.5 Å². The molecule has 0 bridgehead atoms. The highest BCUT2D eigenvalue weighted by Crippen LogP contribution is 2.16. The number of carbonyl (C=O) groups excluding carboxylic acids is 1. The van der Waals surface area contributed by atoms with E-state index in [0.717, 1.165) is 11.2 Å². The number of hydrogen-bond acceptors (Lipinski definition) is 3. The zero-order valence-electron chi connectivity index (χ0n) is 13.5. The summed E-state index contributed by atoms with van der Waals surface area (Å²) in [4.78, 5) is 12.2. The lowest BCUT2D eigenvalue weighted by Gasteiger charge is -2.05. The topological polar surface area (TPSA) is 44.0 Å². The predicted octanol–water partition coefficient (Wildman–Crippen LogP) is 4.42. The molecule has 0 fully saturated rings. The van der Waals surface area contributed by atoms with Gasteiger partial charge in [0.25, 0.3) is 5.03 Å². The Morgan fingerprint density at radius 3 is 2.57 bits per heavy atom. The molecule has 0 saturated heterocycles. The lowest BCUT2D eigenvalue weighted by atomic mass is 10.0. The van der Waals surface area contributed by atoms with Crippen LogP contribution in [-0.4, -0.2) is 11.5 Å². The van der Waals surface area contributed by atoms with Gasteiger partial charge in [-0.1, -0.05) is 50.5 Å². The van der Waals surface area contributed by atoms with Crippen molar-refractivity contribution in [3.05, 3.63) is 65.0 Å². The van der Waals surface area contributed by atoms with E-state index in [2.05, 4.69) is 6.92 Å². The largest absolute Gasteiger partial charge is 0.618 e. The molecule has 0 amide bonds. The summed E-state index contributed by atoms with van der Waals surface area (Å²) in [5.74, 6) is 0.332. The molecule has 4 heteroatoms. The third kappa shape index (κ3) is 5.71. The van der Waals surface area contributed by atoms with Crippen molar-refractivity contribution in [3.8, 4) is 0 Å². The quantitative estimate of drug-likeness (QED) is 0.225. The van der Waals surface area contributed by atoms with Crippen LogP contribution in [0.25, 0.3) is 0 Å². The molecule has 122 valence electrons. The summed E-state index contributed by atoms with van der Waals surface area (Å²) in [5.41, 5.74) is 1.99. The molecular weight excluding hydrogens is 306 g/mol. The van der Waals surface area contributed by atoms with Gasteiger partial charge in [0.15, 0.2) is 12.0 Å². The van der Waals surface area contributed by atoms with Gasteiger partial charge in [-0.25, -0.2) is 0 Å². The van der Waals surface area contributed by atoms with Crippen molar-refractivity contribution in [2.45, 2.75) is 44.1 Å². The van der Waals surface area contributed by atoms with Crippen molar-refractivity contribution in [1.29, 1.82) is 0 Å². The van der Waals surface area contributed by atoms with Crippen LogP contribution in [0, 0.1) is 5.21 Å². The summed E-state index contributed by atoms with van der Waals surface area (Å²) >= 11 is 1.27. The van der Waals surface area contributed by atoms with Gasteiger partial charge >= 0.3 is 0 Å². The fourth-order valence-corrected chi connectivity index (χ4v) is 3.17. The maximum atomic E-state index is 12.2. The van der Waals surface area contributed by atoms with Gasteiger partial charge in [-0.3, -0.25) is 4.79 Å². The molecule has 0 unspecified atom stereocenters. The summed E-state index contributed by atoms with van der Waals surface area (Å²) in [6, 6.07) is 13.1.